The molecule has 16 heavy (non-hydrogen) atoms. The van der Waals surface area contributed by atoms with Crippen molar-refractivity contribution in [3.05, 3.63) is 0 Å². The van der Waals surface area contributed by atoms with Gasteiger partial charge in [0.2, 0.25) is 0 Å². The summed E-state index contributed by atoms with van der Waals surface area (Å²) in [4.78, 5) is 2.43. The molecule has 0 aromatic carbocycles. The van der Waals surface area contributed by atoms with Gasteiger partial charge in [0.1, 0.15) is 0 Å². The fourth-order valence-corrected chi connectivity index (χ4v) is 2.24. The van der Waals surface area contributed by atoms with Gasteiger partial charge in [0.05, 0.1) is 12.2 Å². The molecular weight excluding hydrogens is 202 g/mol. The lowest BCUT2D eigenvalue weighted by Crippen LogP contribution is -2.46. The van der Waals surface area contributed by atoms with Crippen molar-refractivity contribution in [1.82, 2.24) is 4.90 Å². The van der Waals surface area contributed by atoms with Crippen LogP contribution in [0.1, 0.15) is 40.5 Å². The summed E-state index contributed by atoms with van der Waals surface area (Å²) in [6.45, 7) is 12.1. The molecule has 0 radical (unpaired) electrons. The third-order valence-electron chi connectivity index (χ3n) is 3.63. The average Bonchev–Trinajstić information content (AvgIpc) is 2.17. The number of ether oxygens (including phenoxy) is 1. The molecule has 1 aliphatic rings. The molecule has 1 saturated heterocycles. The monoisotopic (exact) mass is 229 g/mol. The summed E-state index contributed by atoms with van der Waals surface area (Å²) in [5.41, 5.74) is -0.0336. The van der Waals surface area contributed by atoms with Crippen LogP contribution in [0.2, 0.25) is 0 Å². The first-order valence-electron chi connectivity index (χ1n) is 6.47. The molecule has 0 aromatic heterocycles. The number of aliphatic hydroxyl groups is 1. The van der Waals surface area contributed by atoms with E-state index in [1.807, 2.05) is 6.92 Å². The molecule has 1 rings (SSSR count). The normalized spacial score (nSPS) is 25.7. The summed E-state index contributed by atoms with van der Waals surface area (Å²) in [5.74, 6) is 0. The van der Waals surface area contributed by atoms with Crippen LogP contribution >= 0.6 is 0 Å². The van der Waals surface area contributed by atoms with Crippen molar-refractivity contribution in [2.75, 3.05) is 26.2 Å². The maximum atomic E-state index is 9.72. The van der Waals surface area contributed by atoms with Crippen molar-refractivity contribution in [3.63, 3.8) is 0 Å². The summed E-state index contributed by atoms with van der Waals surface area (Å²) >= 11 is 0. The lowest BCUT2D eigenvalue weighted by molar-refractivity contribution is -0.0224. The second-order valence-corrected chi connectivity index (χ2v) is 5.62. The summed E-state index contributed by atoms with van der Waals surface area (Å²) < 4.78 is 5.68. The van der Waals surface area contributed by atoms with Crippen molar-refractivity contribution in [3.8, 4) is 0 Å². The van der Waals surface area contributed by atoms with Gasteiger partial charge in [-0.2, -0.15) is 0 Å². The highest BCUT2D eigenvalue weighted by Crippen LogP contribution is 2.24. The van der Waals surface area contributed by atoms with E-state index in [2.05, 4.69) is 25.7 Å². The standard InChI is InChI=1S/C13H27NO2/c1-5-16-12-7-6-8-14(9-12)10-13(3,4)11(2)15/h11-12,15H,5-10H2,1-4H3. The van der Waals surface area contributed by atoms with Gasteiger partial charge in [-0.3, -0.25) is 0 Å². The molecule has 1 aliphatic heterocycles. The molecule has 0 saturated carbocycles. The quantitative estimate of drug-likeness (QED) is 0.781. The molecule has 0 bridgehead atoms. The Bertz CT molecular complexity index is 202. The van der Waals surface area contributed by atoms with Gasteiger partial charge in [-0.05, 0) is 33.2 Å². The van der Waals surface area contributed by atoms with Crippen LogP contribution in [0.3, 0.4) is 0 Å². The van der Waals surface area contributed by atoms with E-state index in [9.17, 15) is 5.11 Å². The summed E-state index contributed by atoms with van der Waals surface area (Å²) in [6, 6.07) is 0. The Kier molecular flexibility index (Phi) is 5.22. The van der Waals surface area contributed by atoms with Crippen LogP contribution in [0.4, 0.5) is 0 Å². The van der Waals surface area contributed by atoms with E-state index in [-0.39, 0.29) is 11.5 Å². The van der Waals surface area contributed by atoms with Gasteiger partial charge in [-0.15, -0.1) is 0 Å². The molecule has 2 atom stereocenters. The van der Waals surface area contributed by atoms with Crippen LogP contribution in [-0.2, 0) is 4.74 Å². The van der Waals surface area contributed by atoms with E-state index >= 15 is 0 Å². The smallest absolute Gasteiger partial charge is 0.0702 e. The first kappa shape index (κ1) is 13.9. The lowest BCUT2D eigenvalue weighted by atomic mass is 9.86. The Morgan fingerprint density at radius 3 is 2.75 bits per heavy atom. The Hall–Kier alpha value is -0.120. The third-order valence-corrected chi connectivity index (χ3v) is 3.63. The van der Waals surface area contributed by atoms with Gasteiger partial charge in [-0.1, -0.05) is 13.8 Å². The number of likely N-dealkylation sites (tertiary alicyclic amines) is 1. The largest absolute Gasteiger partial charge is 0.393 e. The molecule has 2 unspecified atom stereocenters. The summed E-state index contributed by atoms with van der Waals surface area (Å²) in [7, 11) is 0. The van der Waals surface area contributed by atoms with Gasteiger partial charge in [-0.25, -0.2) is 0 Å². The summed E-state index contributed by atoms with van der Waals surface area (Å²) in [6.07, 6.45) is 2.52. The van der Waals surface area contributed by atoms with E-state index < -0.39 is 0 Å². The van der Waals surface area contributed by atoms with Crippen LogP contribution in [0, 0.1) is 5.41 Å². The van der Waals surface area contributed by atoms with E-state index in [0.717, 1.165) is 26.2 Å². The number of rotatable bonds is 5. The van der Waals surface area contributed by atoms with E-state index in [4.69, 9.17) is 4.74 Å². The Morgan fingerprint density at radius 2 is 2.19 bits per heavy atom. The molecule has 1 N–H and O–H groups in total. The van der Waals surface area contributed by atoms with Gasteiger partial charge >= 0.3 is 0 Å². The molecule has 1 fully saturated rings. The van der Waals surface area contributed by atoms with Crippen LogP contribution in [-0.4, -0.2) is 48.5 Å². The van der Waals surface area contributed by atoms with Crippen molar-refractivity contribution in [1.29, 1.82) is 0 Å². The zero-order valence-corrected chi connectivity index (χ0v) is 11.2. The Balaban J connectivity index is 2.42. The summed E-state index contributed by atoms with van der Waals surface area (Å²) in [5, 5.41) is 9.72. The highest BCUT2D eigenvalue weighted by Gasteiger charge is 2.29. The number of aliphatic hydroxyl groups excluding tert-OH is 1. The van der Waals surface area contributed by atoms with Crippen molar-refractivity contribution in [2.45, 2.75) is 52.7 Å². The van der Waals surface area contributed by atoms with Crippen molar-refractivity contribution in [2.24, 2.45) is 5.41 Å². The van der Waals surface area contributed by atoms with E-state index in [0.29, 0.717) is 6.10 Å². The first-order valence-corrected chi connectivity index (χ1v) is 6.47. The lowest BCUT2D eigenvalue weighted by Gasteiger charge is -2.39. The van der Waals surface area contributed by atoms with Gasteiger partial charge < -0.3 is 14.7 Å². The molecule has 0 aromatic rings. The maximum Gasteiger partial charge on any atom is 0.0702 e. The molecule has 1 heterocycles. The molecule has 0 aliphatic carbocycles. The number of hydrogen-bond acceptors (Lipinski definition) is 3. The van der Waals surface area contributed by atoms with Crippen LogP contribution in [0.15, 0.2) is 0 Å². The molecule has 3 heteroatoms. The van der Waals surface area contributed by atoms with Gasteiger partial charge in [0, 0.05) is 25.1 Å². The molecule has 96 valence electrons. The van der Waals surface area contributed by atoms with Crippen molar-refractivity contribution >= 4 is 0 Å². The second-order valence-electron chi connectivity index (χ2n) is 5.62. The highest BCUT2D eigenvalue weighted by molar-refractivity contribution is 4.82. The topological polar surface area (TPSA) is 32.7 Å². The predicted molar refractivity (Wildman–Crippen MR) is 66.5 cm³/mol. The Labute approximate surface area is 99.8 Å². The number of nitrogens with zero attached hydrogens (tertiary/aromatic N) is 1. The van der Waals surface area contributed by atoms with E-state index in [1.54, 1.807) is 0 Å². The fraction of sp³-hybridized carbons (Fsp3) is 1.00. The first-order chi connectivity index (χ1) is 7.45. The molecule has 3 nitrogen and oxygen atoms in total. The van der Waals surface area contributed by atoms with Crippen LogP contribution in [0.5, 0.6) is 0 Å². The maximum absolute atomic E-state index is 9.72. The van der Waals surface area contributed by atoms with Crippen LogP contribution in [0.25, 0.3) is 0 Å². The average molecular weight is 229 g/mol. The number of hydrogen-bond donors (Lipinski definition) is 1. The fourth-order valence-electron chi connectivity index (χ4n) is 2.24. The molecule has 0 spiro atoms. The second kappa shape index (κ2) is 5.99. The SMILES string of the molecule is CCOC1CCCN(CC(C)(C)C(C)O)C1. The predicted octanol–water partition coefficient (Wildman–Crippen LogP) is 1.89. The minimum Gasteiger partial charge on any atom is -0.393 e. The minimum absolute atomic E-state index is 0.0336. The number of piperidine rings is 1. The van der Waals surface area contributed by atoms with Crippen molar-refractivity contribution < 1.29 is 9.84 Å². The van der Waals surface area contributed by atoms with Gasteiger partial charge in [0.25, 0.3) is 0 Å². The zero-order valence-electron chi connectivity index (χ0n) is 11.2. The Morgan fingerprint density at radius 1 is 1.50 bits per heavy atom. The van der Waals surface area contributed by atoms with Gasteiger partial charge in [0.15, 0.2) is 0 Å². The zero-order chi connectivity index (χ0) is 12.2. The molecule has 0 amide bonds. The minimum atomic E-state index is -0.264. The van der Waals surface area contributed by atoms with E-state index in [1.165, 1.54) is 12.8 Å². The third kappa shape index (κ3) is 4.04. The molecular formula is C13H27NO2. The van der Waals surface area contributed by atoms with Crippen LogP contribution < -0.4 is 0 Å². The highest BCUT2D eigenvalue weighted by atomic mass is 16.5.